The first-order valence-electron chi connectivity index (χ1n) is 14.1. The molecule has 1 aromatic carbocycles. The van der Waals surface area contributed by atoms with Crippen molar-refractivity contribution in [3.05, 3.63) is 50.6 Å². The Hall–Kier alpha value is -3.71. The summed E-state index contributed by atoms with van der Waals surface area (Å²) in [5.41, 5.74) is 2.14. The molecule has 16 nitrogen and oxygen atoms in total. The highest BCUT2D eigenvalue weighted by atomic mass is 32.2. The number of aromatic nitrogens is 3. The van der Waals surface area contributed by atoms with Crippen LogP contribution >= 0.6 is 0 Å². The third-order valence-electron chi connectivity index (χ3n) is 7.15. The standard InChI is InChI=1S/C27H36N7O9S/c1-4-6-23-22(18-28-42-16-14-35)19(3)25-27(36)29-26(30-33(23)25)21-17-20(7-8-24(21)41-5-2)44(39,40)32-11-9-31(10-12-32)13-15-43-34(37)38/h7-8,14,17-18,37H,4-6,9-13,15-16H2,1-3H3,(H,29,30,36)/q-1/b28-18+. The van der Waals surface area contributed by atoms with Crippen LogP contribution in [0.3, 0.4) is 0 Å². The first-order chi connectivity index (χ1) is 21.1. The normalized spacial score (nSPS) is 15.0. The fraction of sp³-hybridized carbons (Fsp3) is 0.481. The number of aldehydes is 1. The van der Waals surface area contributed by atoms with E-state index in [1.165, 1.54) is 27.2 Å². The minimum atomic E-state index is -3.93. The van der Waals surface area contributed by atoms with Crippen LogP contribution in [-0.4, -0.2) is 108 Å². The summed E-state index contributed by atoms with van der Waals surface area (Å²) < 4.78 is 36.1. The maximum atomic E-state index is 13.7. The van der Waals surface area contributed by atoms with E-state index in [0.717, 1.165) is 6.42 Å². The fourth-order valence-electron chi connectivity index (χ4n) is 5.08. The lowest BCUT2D eigenvalue weighted by Crippen LogP contribution is -2.49. The fourth-order valence-corrected chi connectivity index (χ4v) is 6.53. The molecule has 0 atom stereocenters. The van der Waals surface area contributed by atoms with Crippen LogP contribution in [-0.2, 0) is 30.9 Å². The van der Waals surface area contributed by atoms with Crippen molar-refractivity contribution >= 4 is 28.0 Å². The molecule has 1 aliphatic rings. The maximum absolute atomic E-state index is 13.7. The average molecular weight is 635 g/mol. The van der Waals surface area contributed by atoms with E-state index >= 15 is 0 Å². The molecule has 3 aromatic rings. The van der Waals surface area contributed by atoms with E-state index in [9.17, 15) is 23.2 Å². The third kappa shape index (κ3) is 7.32. The van der Waals surface area contributed by atoms with Crippen LogP contribution in [0.25, 0.3) is 16.9 Å². The number of nitrogens with zero attached hydrogens (tertiary/aromatic N) is 6. The van der Waals surface area contributed by atoms with Crippen molar-refractivity contribution in [2.24, 2.45) is 5.16 Å². The molecule has 1 fully saturated rings. The highest BCUT2D eigenvalue weighted by Gasteiger charge is 2.30. The Morgan fingerprint density at radius 3 is 2.64 bits per heavy atom. The zero-order valence-electron chi connectivity index (χ0n) is 24.8. The van der Waals surface area contributed by atoms with Gasteiger partial charge in [0, 0.05) is 38.3 Å². The van der Waals surface area contributed by atoms with Crippen LogP contribution in [0.5, 0.6) is 5.75 Å². The molecule has 17 heteroatoms. The first kappa shape index (κ1) is 33.2. The van der Waals surface area contributed by atoms with Crippen molar-refractivity contribution in [2.45, 2.75) is 38.5 Å². The Bertz CT molecular complexity index is 1650. The molecule has 1 aliphatic heterocycles. The van der Waals surface area contributed by atoms with E-state index < -0.39 is 21.0 Å². The van der Waals surface area contributed by atoms with Crippen molar-refractivity contribution in [2.75, 3.05) is 52.5 Å². The van der Waals surface area contributed by atoms with Gasteiger partial charge in [-0.2, -0.15) is 4.31 Å². The predicted octanol–water partition coefficient (Wildman–Crippen LogP) is 1.33. The number of oxime groups is 1. The minimum absolute atomic E-state index is 0.00961. The summed E-state index contributed by atoms with van der Waals surface area (Å²) in [6, 6.07) is 4.45. The summed E-state index contributed by atoms with van der Waals surface area (Å²) in [5.74, 6) is 0.470. The Balaban J connectivity index is 1.71. The molecule has 0 aliphatic carbocycles. The van der Waals surface area contributed by atoms with Gasteiger partial charge in [0.25, 0.3) is 5.56 Å². The molecule has 2 aromatic heterocycles. The largest absolute Gasteiger partial charge is 0.738 e. The highest BCUT2D eigenvalue weighted by molar-refractivity contribution is 7.89. The van der Waals surface area contributed by atoms with Gasteiger partial charge in [0.1, 0.15) is 11.3 Å². The Labute approximate surface area is 253 Å². The SMILES string of the molecule is CCCc1c(/C=N/OCC=O)c(C)c2c(=O)[nH]c(-c3cc(S(=O)(=O)N4CCN(CCON([O-])O)CC4)ccc3OCC)nn12. The van der Waals surface area contributed by atoms with Crippen LogP contribution in [0.2, 0.25) is 0 Å². The number of aryl methyl sites for hydroxylation is 2. The molecule has 2 N–H and O–H groups in total. The molecule has 0 unspecified atom stereocenters. The maximum Gasteiger partial charge on any atom is 0.275 e. The number of piperazine rings is 1. The van der Waals surface area contributed by atoms with Crippen molar-refractivity contribution in [3.8, 4) is 17.1 Å². The second kappa shape index (κ2) is 14.8. The van der Waals surface area contributed by atoms with Gasteiger partial charge in [-0.1, -0.05) is 18.5 Å². The molecule has 240 valence electrons. The zero-order chi connectivity index (χ0) is 31.9. The van der Waals surface area contributed by atoms with Gasteiger partial charge in [0.2, 0.25) is 10.0 Å². The summed E-state index contributed by atoms with van der Waals surface area (Å²) in [5, 5.41) is 27.1. The van der Waals surface area contributed by atoms with Crippen LogP contribution in [0.4, 0.5) is 0 Å². The second-order valence-corrected chi connectivity index (χ2v) is 11.8. The van der Waals surface area contributed by atoms with E-state index in [2.05, 4.69) is 15.0 Å². The molecule has 0 saturated carbocycles. The lowest BCUT2D eigenvalue weighted by atomic mass is 10.1. The van der Waals surface area contributed by atoms with Crippen molar-refractivity contribution in [3.63, 3.8) is 0 Å². The average Bonchev–Trinajstić information content (AvgIpc) is 3.26. The molecule has 44 heavy (non-hydrogen) atoms. The first-order valence-corrected chi connectivity index (χ1v) is 15.6. The number of rotatable bonds is 15. The number of benzene rings is 1. The molecule has 0 spiro atoms. The van der Waals surface area contributed by atoms with Gasteiger partial charge in [-0.3, -0.25) is 19.3 Å². The number of carbonyl (C=O) groups is 1. The van der Waals surface area contributed by atoms with E-state index in [-0.39, 0.29) is 37.0 Å². The molecule has 1 saturated heterocycles. The van der Waals surface area contributed by atoms with Crippen LogP contribution < -0.4 is 10.3 Å². The highest BCUT2D eigenvalue weighted by Crippen LogP contribution is 2.32. The number of fused-ring (bicyclic) bond motifs is 1. The second-order valence-electron chi connectivity index (χ2n) is 9.90. The lowest BCUT2D eigenvalue weighted by molar-refractivity contribution is -0.306. The van der Waals surface area contributed by atoms with Crippen molar-refractivity contribution in [1.82, 2.24) is 29.2 Å². The number of carbonyl (C=O) groups excluding carboxylic acids is 1. The summed E-state index contributed by atoms with van der Waals surface area (Å²) >= 11 is 0. The Kier molecular flexibility index (Phi) is 11.2. The smallest absolute Gasteiger partial charge is 0.275 e. The van der Waals surface area contributed by atoms with Gasteiger partial charge in [-0.25, -0.2) is 12.9 Å². The summed E-state index contributed by atoms with van der Waals surface area (Å²) in [6.07, 6.45) is 3.33. The number of aromatic amines is 1. The molecule has 0 radical (unpaired) electrons. The molecular formula is C27H36N7O9S-. The molecular weight excluding hydrogens is 598 g/mol. The lowest BCUT2D eigenvalue weighted by Gasteiger charge is -2.34. The van der Waals surface area contributed by atoms with E-state index in [1.54, 1.807) is 19.9 Å². The number of H-pyrrole nitrogens is 1. The quantitative estimate of drug-likeness (QED) is 0.106. The summed E-state index contributed by atoms with van der Waals surface area (Å²) in [6.45, 7) is 7.16. The molecule has 3 heterocycles. The Morgan fingerprint density at radius 1 is 1.23 bits per heavy atom. The zero-order valence-corrected chi connectivity index (χ0v) is 25.6. The van der Waals surface area contributed by atoms with Gasteiger partial charge in [0.05, 0.1) is 35.6 Å². The number of hydrogen-bond donors (Lipinski definition) is 2. The van der Waals surface area contributed by atoms with Crippen LogP contribution in [0.15, 0.2) is 33.0 Å². The van der Waals surface area contributed by atoms with Gasteiger partial charge in [-0.15, -0.1) is 10.5 Å². The monoisotopic (exact) mass is 634 g/mol. The van der Waals surface area contributed by atoms with Gasteiger partial charge >= 0.3 is 0 Å². The van der Waals surface area contributed by atoms with Gasteiger partial charge < -0.3 is 25.0 Å². The molecule has 0 bridgehead atoms. The van der Waals surface area contributed by atoms with E-state index in [1.807, 2.05) is 11.8 Å². The predicted molar refractivity (Wildman–Crippen MR) is 159 cm³/mol. The van der Waals surface area contributed by atoms with E-state index in [0.29, 0.717) is 72.6 Å². The van der Waals surface area contributed by atoms with Crippen molar-refractivity contribution in [1.29, 1.82) is 0 Å². The van der Waals surface area contributed by atoms with Crippen molar-refractivity contribution < 1.29 is 32.8 Å². The number of hydrogen-bond acceptors (Lipinski definition) is 13. The molecule has 0 amide bonds. The molecule has 4 rings (SSSR count). The number of ether oxygens (including phenoxy) is 1. The van der Waals surface area contributed by atoms with Crippen LogP contribution in [0, 0.1) is 12.1 Å². The third-order valence-corrected chi connectivity index (χ3v) is 9.05. The van der Waals surface area contributed by atoms with Crippen LogP contribution in [0.1, 0.15) is 37.1 Å². The van der Waals surface area contributed by atoms with Gasteiger partial charge in [0.15, 0.2) is 18.7 Å². The minimum Gasteiger partial charge on any atom is -0.738 e. The van der Waals surface area contributed by atoms with E-state index in [4.69, 9.17) is 19.9 Å². The summed E-state index contributed by atoms with van der Waals surface area (Å²) in [7, 11) is -3.93. The number of nitrogens with one attached hydrogen (secondary N) is 1. The topological polar surface area (TPSA) is 194 Å². The summed E-state index contributed by atoms with van der Waals surface area (Å²) in [4.78, 5) is 38.2. The van der Waals surface area contributed by atoms with Gasteiger partial charge in [-0.05, 0) is 44.0 Å². The number of sulfonamides is 1. The Morgan fingerprint density at radius 2 is 1.98 bits per heavy atom.